The SMILES string of the molecule is CNC(C)c1ccnc(-n2ccc(C(N)=O)n2)c1. The van der Waals surface area contributed by atoms with E-state index in [0.717, 1.165) is 5.56 Å². The second-order valence-corrected chi connectivity index (χ2v) is 3.97. The molecule has 0 aliphatic carbocycles. The highest BCUT2D eigenvalue weighted by Crippen LogP contribution is 2.14. The van der Waals surface area contributed by atoms with Crippen molar-refractivity contribution in [2.75, 3.05) is 7.05 Å². The number of hydrogen-bond donors (Lipinski definition) is 2. The van der Waals surface area contributed by atoms with Crippen LogP contribution < -0.4 is 11.1 Å². The third-order valence-electron chi connectivity index (χ3n) is 2.78. The summed E-state index contributed by atoms with van der Waals surface area (Å²) in [7, 11) is 1.89. The summed E-state index contributed by atoms with van der Waals surface area (Å²) in [6.07, 6.45) is 3.38. The largest absolute Gasteiger partial charge is 0.364 e. The van der Waals surface area contributed by atoms with Gasteiger partial charge in [0.25, 0.3) is 5.91 Å². The van der Waals surface area contributed by atoms with Gasteiger partial charge < -0.3 is 11.1 Å². The van der Waals surface area contributed by atoms with Crippen LogP contribution in [0.15, 0.2) is 30.6 Å². The third-order valence-corrected chi connectivity index (χ3v) is 2.78. The molecular formula is C12H15N5O. The highest BCUT2D eigenvalue weighted by molar-refractivity contribution is 5.90. The zero-order chi connectivity index (χ0) is 13.1. The first-order chi connectivity index (χ1) is 8.61. The smallest absolute Gasteiger partial charge is 0.269 e. The number of rotatable bonds is 4. The van der Waals surface area contributed by atoms with Crippen LogP contribution in [0.1, 0.15) is 29.0 Å². The molecule has 0 saturated heterocycles. The molecule has 0 spiro atoms. The van der Waals surface area contributed by atoms with Gasteiger partial charge in [-0.2, -0.15) is 5.10 Å². The Labute approximate surface area is 105 Å². The molecule has 0 aliphatic rings. The fourth-order valence-electron chi connectivity index (χ4n) is 1.58. The normalized spacial score (nSPS) is 12.3. The molecule has 0 aromatic carbocycles. The van der Waals surface area contributed by atoms with E-state index in [1.54, 1.807) is 18.5 Å². The van der Waals surface area contributed by atoms with E-state index in [2.05, 4.69) is 22.3 Å². The molecule has 2 heterocycles. The lowest BCUT2D eigenvalue weighted by Crippen LogP contribution is -2.14. The van der Waals surface area contributed by atoms with Crippen molar-refractivity contribution in [1.29, 1.82) is 0 Å². The van der Waals surface area contributed by atoms with Crippen molar-refractivity contribution >= 4 is 5.91 Å². The van der Waals surface area contributed by atoms with E-state index < -0.39 is 5.91 Å². The fraction of sp³-hybridized carbons (Fsp3) is 0.250. The van der Waals surface area contributed by atoms with Crippen LogP contribution in [0.25, 0.3) is 5.82 Å². The molecule has 94 valence electrons. The Kier molecular flexibility index (Phi) is 3.38. The average Bonchev–Trinajstić information content (AvgIpc) is 2.88. The lowest BCUT2D eigenvalue weighted by Gasteiger charge is -2.11. The maximum atomic E-state index is 11.0. The van der Waals surface area contributed by atoms with Crippen molar-refractivity contribution in [3.8, 4) is 5.82 Å². The first-order valence-corrected chi connectivity index (χ1v) is 5.61. The molecule has 1 atom stereocenters. The molecule has 2 rings (SSSR count). The second-order valence-electron chi connectivity index (χ2n) is 3.97. The van der Waals surface area contributed by atoms with Crippen molar-refractivity contribution in [1.82, 2.24) is 20.1 Å². The zero-order valence-corrected chi connectivity index (χ0v) is 10.3. The summed E-state index contributed by atoms with van der Waals surface area (Å²) in [5.41, 5.74) is 6.48. The van der Waals surface area contributed by atoms with Crippen molar-refractivity contribution < 1.29 is 4.79 Å². The van der Waals surface area contributed by atoms with Crippen molar-refractivity contribution in [2.24, 2.45) is 5.73 Å². The van der Waals surface area contributed by atoms with Crippen molar-refractivity contribution in [3.63, 3.8) is 0 Å². The van der Waals surface area contributed by atoms with Gasteiger partial charge in [0.2, 0.25) is 0 Å². The van der Waals surface area contributed by atoms with Gasteiger partial charge in [0.05, 0.1) is 0 Å². The van der Waals surface area contributed by atoms with Crippen LogP contribution in [0.2, 0.25) is 0 Å². The Hall–Kier alpha value is -2.21. The first-order valence-electron chi connectivity index (χ1n) is 5.61. The molecule has 1 amide bonds. The maximum Gasteiger partial charge on any atom is 0.269 e. The Morgan fingerprint density at radius 1 is 1.50 bits per heavy atom. The van der Waals surface area contributed by atoms with Gasteiger partial charge in [-0.25, -0.2) is 9.67 Å². The topological polar surface area (TPSA) is 85.8 Å². The summed E-state index contributed by atoms with van der Waals surface area (Å²) in [5.74, 6) is 0.107. The summed E-state index contributed by atoms with van der Waals surface area (Å²) in [5, 5.41) is 7.22. The Bertz CT molecular complexity index is 563. The second kappa shape index (κ2) is 4.97. The number of nitrogens with one attached hydrogen (secondary N) is 1. The minimum absolute atomic E-state index is 0.220. The van der Waals surface area contributed by atoms with Gasteiger partial charge in [-0.05, 0) is 37.7 Å². The quantitative estimate of drug-likeness (QED) is 0.828. The van der Waals surface area contributed by atoms with Gasteiger partial charge in [-0.1, -0.05) is 0 Å². The number of amides is 1. The average molecular weight is 245 g/mol. The number of nitrogens with two attached hydrogens (primary N) is 1. The van der Waals surface area contributed by atoms with E-state index >= 15 is 0 Å². The Morgan fingerprint density at radius 3 is 2.89 bits per heavy atom. The third kappa shape index (κ3) is 2.38. The first kappa shape index (κ1) is 12.3. The number of pyridine rings is 1. The molecule has 0 saturated carbocycles. The van der Waals surface area contributed by atoms with Crippen LogP contribution in [0, 0.1) is 0 Å². The number of nitrogens with zero attached hydrogens (tertiary/aromatic N) is 3. The molecule has 18 heavy (non-hydrogen) atoms. The minimum Gasteiger partial charge on any atom is -0.364 e. The van der Waals surface area contributed by atoms with E-state index in [1.165, 1.54) is 4.68 Å². The predicted molar refractivity (Wildman–Crippen MR) is 67.4 cm³/mol. The lowest BCUT2D eigenvalue weighted by atomic mass is 10.1. The molecule has 0 aliphatic heterocycles. The summed E-state index contributed by atoms with van der Waals surface area (Å²) < 4.78 is 1.53. The molecule has 6 heteroatoms. The number of hydrogen-bond acceptors (Lipinski definition) is 4. The highest BCUT2D eigenvalue weighted by Gasteiger charge is 2.08. The van der Waals surface area contributed by atoms with E-state index in [9.17, 15) is 4.79 Å². The van der Waals surface area contributed by atoms with Crippen molar-refractivity contribution in [2.45, 2.75) is 13.0 Å². The van der Waals surface area contributed by atoms with E-state index in [1.807, 2.05) is 19.2 Å². The maximum absolute atomic E-state index is 11.0. The summed E-state index contributed by atoms with van der Waals surface area (Å²) in [4.78, 5) is 15.2. The molecule has 2 aromatic heterocycles. The molecule has 6 nitrogen and oxygen atoms in total. The predicted octanol–water partition coefficient (Wildman–Crippen LogP) is 0.647. The number of carbonyl (C=O) groups excluding carboxylic acids is 1. The molecule has 0 radical (unpaired) electrons. The monoisotopic (exact) mass is 245 g/mol. The molecule has 1 unspecified atom stereocenters. The number of primary amides is 1. The van der Waals surface area contributed by atoms with E-state index in [4.69, 9.17) is 5.73 Å². The molecule has 0 bridgehead atoms. The molecular weight excluding hydrogens is 230 g/mol. The van der Waals surface area contributed by atoms with Gasteiger partial charge in [-0.15, -0.1) is 0 Å². The van der Waals surface area contributed by atoms with Crippen LogP contribution in [-0.2, 0) is 0 Å². The number of aromatic nitrogens is 3. The molecule has 3 N–H and O–H groups in total. The van der Waals surface area contributed by atoms with E-state index in [0.29, 0.717) is 5.82 Å². The highest BCUT2D eigenvalue weighted by atomic mass is 16.1. The number of carbonyl (C=O) groups is 1. The molecule has 0 fully saturated rings. The summed E-state index contributed by atoms with van der Waals surface area (Å²) in [6.45, 7) is 2.05. The van der Waals surface area contributed by atoms with Crippen LogP contribution in [0.4, 0.5) is 0 Å². The van der Waals surface area contributed by atoms with Crippen molar-refractivity contribution in [3.05, 3.63) is 41.9 Å². The van der Waals surface area contributed by atoms with Crippen LogP contribution in [0.5, 0.6) is 0 Å². The van der Waals surface area contributed by atoms with Crippen LogP contribution in [0.3, 0.4) is 0 Å². The minimum atomic E-state index is -0.548. The standard InChI is InChI=1S/C12H15N5O/c1-8(14-2)9-3-5-15-11(7-9)17-6-4-10(16-17)12(13)18/h3-8,14H,1-2H3,(H2,13,18). The van der Waals surface area contributed by atoms with Gasteiger partial charge in [0, 0.05) is 18.4 Å². The lowest BCUT2D eigenvalue weighted by molar-refractivity contribution is 0.0995. The van der Waals surface area contributed by atoms with Crippen LogP contribution in [-0.4, -0.2) is 27.7 Å². The summed E-state index contributed by atoms with van der Waals surface area (Å²) in [6, 6.07) is 5.64. The zero-order valence-electron chi connectivity index (χ0n) is 10.3. The van der Waals surface area contributed by atoms with Gasteiger partial charge in [0.1, 0.15) is 5.69 Å². The van der Waals surface area contributed by atoms with Gasteiger partial charge >= 0.3 is 0 Å². The Balaban J connectivity index is 2.35. The van der Waals surface area contributed by atoms with Gasteiger partial charge in [-0.3, -0.25) is 4.79 Å². The van der Waals surface area contributed by atoms with Gasteiger partial charge in [0.15, 0.2) is 5.82 Å². The van der Waals surface area contributed by atoms with Crippen LogP contribution >= 0.6 is 0 Å². The molecule has 2 aromatic rings. The van der Waals surface area contributed by atoms with E-state index in [-0.39, 0.29) is 11.7 Å². The fourth-order valence-corrected chi connectivity index (χ4v) is 1.58. The Morgan fingerprint density at radius 2 is 2.28 bits per heavy atom. The summed E-state index contributed by atoms with van der Waals surface area (Å²) >= 11 is 0.